The molecule has 1 atom stereocenters. The van der Waals surface area contributed by atoms with Gasteiger partial charge in [-0.3, -0.25) is 4.79 Å². The fraction of sp³-hybridized carbons (Fsp3) is 0.562. The number of benzene rings is 1. The van der Waals surface area contributed by atoms with E-state index in [4.69, 9.17) is 0 Å². The lowest BCUT2D eigenvalue weighted by Crippen LogP contribution is -2.30. The van der Waals surface area contributed by atoms with Gasteiger partial charge in [0.05, 0.1) is 4.90 Å². The van der Waals surface area contributed by atoms with Gasteiger partial charge < -0.3 is 10.2 Å². The van der Waals surface area contributed by atoms with Crippen molar-refractivity contribution in [1.82, 2.24) is 14.9 Å². The summed E-state index contributed by atoms with van der Waals surface area (Å²) in [6.07, 6.45) is 2.90. The monoisotopic (exact) mass is 337 g/mol. The van der Waals surface area contributed by atoms with Crippen molar-refractivity contribution in [3.63, 3.8) is 0 Å². The molecule has 1 aliphatic carbocycles. The van der Waals surface area contributed by atoms with E-state index >= 15 is 0 Å². The van der Waals surface area contributed by atoms with Crippen LogP contribution >= 0.6 is 0 Å². The molecular formula is C16H23N3O3S. The molecule has 1 heterocycles. The molecule has 2 fully saturated rings. The third-order valence-electron chi connectivity index (χ3n) is 4.37. The summed E-state index contributed by atoms with van der Waals surface area (Å²) in [6, 6.07) is 6.19. The normalized spacial score (nSPS) is 22.2. The van der Waals surface area contributed by atoms with Crippen LogP contribution in [0.4, 0.5) is 0 Å². The van der Waals surface area contributed by atoms with Crippen molar-refractivity contribution < 1.29 is 13.2 Å². The topological polar surface area (TPSA) is 78.5 Å². The molecule has 2 N–H and O–H groups in total. The Bertz CT molecular complexity index is 668. The zero-order valence-electron chi connectivity index (χ0n) is 13.3. The molecule has 7 heteroatoms. The highest BCUT2D eigenvalue weighted by Gasteiger charge is 2.28. The van der Waals surface area contributed by atoms with Crippen molar-refractivity contribution in [2.75, 3.05) is 26.7 Å². The van der Waals surface area contributed by atoms with Crippen LogP contribution in [-0.4, -0.2) is 51.9 Å². The van der Waals surface area contributed by atoms with Gasteiger partial charge in [-0.25, -0.2) is 13.1 Å². The number of amides is 1. The maximum Gasteiger partial charge on any atom is 0.251 e. The minimum Gasteiger partial charge on any atom is -0.352 e. The number of nitrogens with zero attached hydrogens (tertiary/aromatic N) is 1. The summed E-state index contributed by atoms with van der Waals surface area (Å²) in [5.41, 5.74) is 0.488. The predicted octanol–water partition coefficient (Wildman–Crippen LogP) is 0.809. The van der Waals surface area contributed by atoms with Gasteiger partial charge in [-0.1, -0.05) is 0 Å². The van der Waals surface area contributed by atoms with E-state index in [2.05, 4.69) is 22.0 Å². The van der Waals surface area contributed by atoms with E-state index in [1.807, 2.05) is 0 Å². The highest BCUT2D eigenvalue weighted by molar-refractivity contribution is 7.89. The molecular weight excluding hydrogens is 314 g/mol. The van der Waals surface area contributed by atoms with E-state index < -0.39 is 10.0 Å². The van der Waals surface area contributed by atoms with Gasteiger partial charge in [-0.2, -0.15) is 0 Å². The van der Waals surface area contributed by atoms with Gasteiger partial charge >= 0.3 is 0 Å². The molecule has 1 aliphatic heterocycles. The minimum atomic E-state index is -3.46. The molecule has 0 radical (unpaired) electrons. The van der Waals surface area contributed by atoms with E-state index in [0.717, 1.165) is 32.4 Å². The lowest BCUT2D eigenvalue weighted by molar-refractivity contribution is 0.0947. The second-order valence-corrected chi connectivity index (χ2v) is 8.26. The Kier molecular flexibility index (Phi) is 4.70. The van der Waals surface area contributed by atoms with Crippen LogP contribution in [0.15, 0.2) is 29.2 Å². The van der Waals surface area contributed by atoms with E-state index in [-0.39, 0.29) is 16.8 Å². The first-order valence-corrected chi connectivity index (χ1v) is 9.51. The molecule has 1 amide bonds. The molecule has 1 aromatic carbocycles. The number of carbonyl (C=O) groups excluding carboxylic acids is 1. The summed E-state index contributed by atoms with van der Waals surface area (Å²) in [7, 11) is -1.38. The zero-order valence-corrected chi connectivity index (χ0v) is 14.1. The second kappa shape index (κ2) is 6.59. The highest BCUT2D eigenvalue weighted by Crippen LogP contribution is 2.22. The molecule has 0 unspecified atom stereocenters. The summed E-state index contributed by atoms with van der Waals surface area (Å²) in [4.78, 5) is 14.6. The second-order valence-electron chi connectivity index (χ2n) is 6.55. The van der Waals surface area contributed by atoms with E-state index in [0.29, 0.717) is 18.0 Å². The Balaban J connectivity index is 1.56. The van der Waals surface area contributed by atoms with Crippen LogP contribution in [0.5, 0.6) is 0 Å². The maximum atomic E-state index is 12.1. The van der Waals surface area contributed by atoms with Crippen LogP contribution in [0.2, 0.25) is 0 Å². The van der Waals surface area contributed by atoms with Crippen molar-refractivity contribution in [2.24, 2.45) is 5.92 Å². The standard InChI is InChI=1S/C16H23N3O3S/c1-19-9-8-12(11-19)10-17-16(20)13-2-6-15(7-3-13)23(21,22)18-14-4-5-14/h2-3,6-7,12,14,18H,4-5,8-11H2,1H3,(H,17,20)/t12-/m0/s1. The number of rotatable bonds is 6. The SMILES string of the molecule is CN1CC[C@@H](CNC(=O)c2ccc(S(=O)(=O)NC3CC3)cc2)C1. The van der Waals surface area contributed by atoms with Crippen LogP contribution in [-0.2, 0) is 10.0 Å². The first kappa shape index (κ1) is 16.4. The van der Waals surface area contributed by atoms with Gasteiger partial charge in [0.25, 0.3) is 5.91 Å². The summed E-state index contributed by atoms with van der Waals surface area (Å²) >= 11 is 0. The van der Waals surface area contributed by atoms with Gasteiger partial charge in [-0.15, -0.1) is 0 Å². The summed E-state index contributed by atoms with van der Waals surface area (Å²) in [5, 5.41) is 2.93. The van der Waals surface area contributed by atoms with Gasteiger partial charge in [0, 0.05) is 24.7 Å². The van der Waals surface area contributed by atoms with Crippen molar-refractivity contribution in [2.45, 2.75) is 30.2 Å². The van der Waals surface area contributed by atoms with Gasteiger partial charge in [0.1, 0.15) is 0 Å². The molecule has 3 rings (SSSR count). The van der Waals surface area contributed by atoms with Gasteiger partial charge in [0.15, 0.2) is 0 Å². The largest absolute Gasteiger partial charge is 0.352 e. The van der Waals surface area contributed by atoms with Crippen molar-refractivity contribution in [1.29, 1.82) is 0 Å². The predicted molar refractivity (Wildman–Crippen MR) is 87.7 cm³/mol. The minimum absolute atomic E-state index is 0.0764. The molecule has 2 aliphatic rings. The Labute approximate surface area is 137 Å². The molecule has 6 nitrogen and oxygen atoms in total. The van der Waals surface area contributed by atoms with Crippen LogP contribution in [0.3, 0.4) is 0 Å². The lowest BCUT2D eigenvalue weighted by atomic mass is 10.1. The third-order valence-corrected chi connectivity index (χ3v) is 5.90. The van der Waals surface area contributed by atoms with Crippen molar-refractivity contribution in [3.8, 4) is 0 Å². The first-order valence-electron chi connectivity index (χ1n) is 8.03. The number of likely N-dealkylation sites (tertiary alicyclic amines) is 1. The van der Waals surface area contributed by atoms with Gasteiger partial charge in [-0.05, 0) is 63.0 Å². The molecule has 1 saturated carbocycles. The molecule has 0 aromatic heterocycles. The highest BCUT2D eigenvalue weighted by atomic mass is 32.2. The Morgan fingerprint density at radius 1 is 1.22 bits per heavy atom. The van der Waals surface area contributed by atoms with Crippen LogP contribution in [0.25, 0.3) is 0 Å². The average molecular weight is 337 g/mol. The molecule has 1 saturated heterocycles. The Morgan fingerprint density at radius 3 is 2.48 bits per heavy atom. The number of carbonyl (C=O) groups is 1. The fourth-order valence-corrected chi connectivity index (χ4v) is 4.11. The van der Waals surface area contributed by atoms with Crippen LogP contribution in [0, 0.1) is 5.92 Å². The van der Waals surface area contributed by atoms with Crippen molar-refractivity contribution in [3.05, 3.63) is 29.8 Å². The fourth-order valence-electron chi connectivity index (χ4n) is 2.81. The molecule has 23 heavy (non-hydrogen) atoms. The molecule has 1 aromatic rings. The smallest absolute Gasteiger partial charge is 0.251 e. The third kappa shape index (κ3) is 4.31. The Hall–Kier alpha value is -1.44. The number of hydrogen-bond donors (Lipinski definition) is 2. The van der Waals surface area contributed by atoms with E-state index in [1.165, 1.54) is 12.1 Å². The lowest BCUT2D eigenvalue weighted by Gasteiger charge is -2.12. The summed E-state index contributed by atoms with van der Waals surface area (Å²) in [6.45, 7) is 2.73. The molecule has 126 valence electrons. The quantitative estimate of drug-likeness (QED) is 0.805. The van der Waals surface area contributed by atoms with Crippen molar-refractivity contribution >= 4 is 15.9 Å². The maximum absolute atomic E-state index is 12.1. The van der Waals surface area contributed by atoms with E-state index in [1.54, 1.807) is 12.1 Å². The van der Waals surface area contributed by atoms with E-state index in [9.17, 15) is 13.2 Å². The van der Waals surface area contributed by atoms with Crippen LogP contribution in [0.1, 0.15) is 29.6 Å². The first-order chi connectivity index (χ1) is 10.9. The number of nitrogens with one attached hydrogen (secondary N) is 2. The van der Waals surface area contributed by atoms with Crippen LogP contribution < -0.4 is 10.0 Å². The zero-order chi connectivity index (χ0) is 16.4. The Morgan fingerprint density at radius 2 is 1.91 bits per heavy atom. The van der Waals surface area contributed by atoms with Gasteiger partial charge in [0.2, 0.25) is 10.0 Å². The summed E-state index contributed by atoms with van der Waals surface area (Å²) in [5.74, 6) is 0.338. The summed E-state index contributed by atoms with van der Waals surface area (Å²) < 4.78 is 26.8. The number of hydrogen-bond acceptors (Lipinski definition) is 4. The molecule has 0 spiro atoms. The average Bonchev–Trinajstić information content (AvgIpc) is 3.23. The molecule has 0 bridgehead atoms. The number of sulfonamides is 1.